The molecule has 1 fully saturated rings. The Kier molecular flexibility index (Phi) is 5.19. The maximum atomic E-state index is 12.2. The zero-order valence-electron chi connectivity index (χ0n) is 11.7. The highest BCUT2D eigenvalue weighted by Crippen LogP contribution is 2.26. The van der Waals surface area contributed by atoms with Crippen LogP contribution in [-0.4, -0.2) is 11.9 Å². The molecule has 1 atom stereocenters. The van der Waals surface area contributed by atoms with Crippen molar-refractivity contribution in [2.24, 2.45) is 5.92 Å². The lowest BCUT2D eigenvalue weighted by Crippen LogP contribution is -2.40. The molecular weight excluding hydrogens is 316 g/mol. The monoisotopic (exact) mass is 334 g/mol. The summed E-state index contributed by atoms with van der Waals surface area (Å²) < 4.78 is 0.913. The third kappa shape index (κ3) is 3.61. The number of nitrogens with zero attached hydrogens (tertiary/aromatic N) is 1. The number of rotatable bonds is 3. The van der Waals surface area contributed by atoms with Crippen LogP contribution in [0.2, 0.25) is 0 Å². The topological polar surface area (TPSA) is 52.9 Å². The molecule has 1 aliphatic rings. The van der Waals surface area contributed by atoms with E-state index in [9.17, 15) is 10.1 Å². The highest BCUT2D eigenvalue weighted by Gasteiger charge is 2.25. The summed E-state index contributed by atoms with van der Waals surface area (Å²) in [5.74, 6) is 0.134. The SMILES string of the molecule is Cc1ccc(C(=O)NC(C#N)C2CCCCC2)cc1Br. The molecule has 0 aliphatic heterocycles. The average Bonchev–Trinajstić information content (AvgIpc) is 2.48. The van der Waals surface area contributed by atoms with E-state index in [0.29, 0.717) is 11.5 Å². The lowest BCUT2D eigenvalue weighted by Gasteiger charge is -2.26. The van der Waals surface area contributed by atoms with E-state index in [1.165, 1.54) is 6.42 Å². The number of nitriles is 1. The van der Waals surface area contributed by atoms with Crippen molar-refractivity contribution in [3.05, 3.63) is 33.8 Å². The first-order valence-corrected chi connectivity index (χ1v) is 7.87. The van der Waals surface area contributed by atoms with Gasteiger partial charge in [-0.1, -0.05) is 41.3 Å². The van der Waals surface area contributed by atoms with Crippen molar-refractivity contribution in [3.63, 3.8) is 0 Å². The standard InChI is InChI=1S/C16H19BrN2O/c1-11-7-8-13(9-14(11)17)16(20)19-15(10-18)12-5-3-2-4-6-12/h7-9,12,15H,2-6H2,1H3,(H,19,20). The predicted octanol–water partition coefficient (Wildman–Crippen LogP) is 3.96. The van der Waals surface area contributed by atoms with E-state index in [1.807, 2.05) is 13.0 Å². The van der Waals surface area contributed by atoms with Gasteiger partial charge in [-0.2, -0.15) is 5.26 Å². The molecule has 20 heavy (non-hydrogen) atoms. The maximum absolute atomic E-state index is 12.2. The smallest absolute Gasteiger partial charge is 0.252 e. The molecule has 0 saturated heterocycles. The first-order chi connectivity index (χ1) is 9.61. The van der Waals surface area contributed by atoms with E-state index >= 15 is 0 Å². The molecule has 3 nitrogen and oxygen atoms in total. The van der Waals surface area contributed by atoms with Crippen molar-refractivity contribution in [1.29, 1.82) is 5.26 Å². The number of hydrogen-bond acceptors (Lipinski definition) is 2. The van der Waals surface area contributed by atoms with Crippen molar-refractivity contribution in [2.45, 2.75) is 45.1 Å². The minimum Gasteiger partial charge on any atom is -0.336 e. The van der Waals surface area contributed by atoms with Gasteiger partial charge in [0.25, 0.3) is 5.91 Å². The Morgan fingerprint density at radius 1 is 1.40 bits per heavy atom. The highest BCUT2D eigenvalue weighted by atomic mass is 79.9. The Bertz CT molecular complexity index is 530. The van der Waals surface area contributed by atoms with Crippen LogP contribution in [0.4, 0.5) is 0 Å². The number of halogens is 1. The molecule has 1 aromatic carbocycles. The van der Waals surface area contributed by atoms with Crippen LogP contribution in [0.5, 0.6) is 0 Å². The van der Waals surface area contributed by atoms with Gasteiger partial charge in [-0.25, -0.2) is 0 Å². The average molecular weight is 335 g/mol. The summed E-state index contributed by atoms with van der Waals surface area (Å²) in [5.41, 5.74) is 1.68. The predicted molar refractivity (Wildman–Crippen MR) is 82.3 cm³/mol. The number of carbonyl (C=O) groups is 1. The van der Waals surface area contributed by atoms with Crippen LogP contribution in [-0.2, 0) is 0 Å². The number of aryl methyl sites for hydroxylation is 1. The van der Waals surface area contributed by atoms with Gasteiger partial charge in [-0.3, -0.25) is 4.79 Å². The Balaban J connectivity index is 2.05. The molecule has 0 heterocycles. The molecular formula is C16H19BrN2O. The van der Waals surface area contributed by atoms with Crippen molar-refractivity contribution in [1.82, 2.24) is 5.32 Å². The summed E-state index contributed by atoms with van der Waals surface area (Å²) in [4.78, 5) is 12.2. The van der Waals surface area contributed by atoms with Crippen molar-refractivity contribution < 1.29 is 4.79 Å². The van der Waals surface area contributed by atoms with Gasteiger partial charge < -0.3 is 5.32 Å². The molecule has 0 spiro atoms. The molecule has 1 saturated carbocycles. The van der Waals surface area contributed by atoms with Gasteiger partial charge in [0.15, 0.2) is 0 Å². The number of nitrogens with one attached hydrogen (secondary N) is 1. The molecule has 1 amide bonds. The quantitative estimate of drug-likeness (QED) is 0.909. The zero-order valence-corrected chi connectivity index (χ0v) is 13.2. The fraction of sp³-hybridized carbons (Fsp3) is 0.500. The summed E-state index contributed by atoms with van der Waals surface area (Å²) in [6.45, 7) is 1.98. The lowest BCUT2D eigenvalue weighted by molar-refractivity contribution is 0.0929. The molecule has 2 rings (SSSR count). The first-order valence-electron chi connectivity index (χ1n) is 7.08. The van der Waals surface area contributed by atoms with Crippen molar-refractivity contribution >= 4 is 21.8 Å². The molecule has 1 unspecified atom stereocenters. The highest BCUT2D eigenvalue weighted by molar-refractivity contribution is 9.10. The zero-order chi connectivity index (χ0) is 14.5. The van der Waals surface area contributed by atoms with Crippen LogP contribution in [0.15, 0.2) is 22.7 Å². The van der Waals surface area contributed by atoms with Crippen LogP contribution in [0.1, 0.15) is 48.0 Å². The molecule has 0 radical (unpaired) electrons. The molecule has 0 bridgehead atoms. The fourth-order valence-corrected chi connectivity index (χ4v) is 3.06. The summed E-state index contributed by atoms with van der Waals surface area (Å²) in [6.07, 6.45) is 5.64. The van der Waals surface area contributed by atoms with Gasteiger partial charge in [0.1, 0.15) is 6.04 Å². The summed E-state index contributed by atoms with van der Waals surface area (Å²) in [7, 11) is 0. The van der Waals surface area contributed by atoms with Crippen LogP contribution in [0.25, 0.3) is 0 Å². The number of carbonyl (C=O) groups excluding carboxylic acids is 1. The third-order valence-electron chi connectivity index (χ3n) is 3.98. The second-order valence-electron chi connectivity index (χ2n) is 5.44. The van der Waals surface area contributed by atoms with E-state index in [0.717, 1.165) is 35.7 Å². The Hall–Kier alpha value is -1.34. The minimum absolute atomic E-state index is 0.164. The summed E-state index contributed by atoms with van der Waals surface area (Å²) in [6, 6.07) is 7.39. The number of benzene rings is 1. The van der Waals surface area contributed by atoms with E-state index in [4.69, 9.17) is 0 Å². The van der Waals surface area contributed by atoms with E-state index in [1.54, 1.807) is 12.1 Å². The molecule has 1 N–H and O–H groups in total. The van der Waals surface area contributed by atoms with Crippen LogP contribution >= 0.6 is 15.9 Å². The lowest BCUT2D eigenvalue weighted by atomic mass is 9.84. The largest absolute Gasteiger partial charge is 0.336 e. The number of hydrogen-bond donors (Lipinski definition) is 1. The molecule has 1 aromatic rings. The van der Waals surface area contributed by atoms with Crippen molar-refractivity contribution in [3.8, 4) is 6.07 Å². The molecule has 106 valence electrons. The Morgan fingerprint density at radius 3 is 2.70 bits per heavy atom. The Labute approximate surface area is 128 Å². The van der Waals surface area contributed by atoms with Crippen LogP contribution in [0, 0.1) is 24.2 Å². The molecule has 1 aliphatic carbocycles. The summed E-state index contributed by atoms with van der Waals surface area (Å²) in [5, 5.41) is 12.2. The van der Waals surface area contributed by atoms with E-state index in [2.05, 4.69) is 27.3 Å². The molecule has 0 aromatic heterocycles. The second-order valence-corrected chi connectivity index (χ2v) is 6.30. The van der Waals surface area contributed by atoms with E-state index in [-0.39, 0.29) is 11.9 Å². The second kappa shape index (κ2) is 6.90. The van der Waals surface area contributed by atoms with Gasteiger partial charge in [-0.05, 0) is 43.4 Å². The van der Waals surface area contributed by atoms with Gasteiger partial charge in [-0.15, -0.1) is 0 Å². The maximum Gasteiger partial charge on any atom is 0.252 e. The molecule has 4 heteroatoms. The third-order valence-corrected chi connectivity index (χ3v) is 4.84. The van der Waals surface area contributed by atoms with Gasteiger partial charge in [0.2, 0.25) is 0 Å². The minimum atomic E-state index is -0.372. The van der Waals surface area contributed by atoms with Crippen LogP contribution < -0.4 is 5.32 Å². The first kappa shape index (κ1) is 15.1. The van der Waals surface area contributed by atoms with Gasteiger partial charge in [0, 0.05) is 10.0 Å². The Morgan fingerprint density at radius 2 is 2.10 bits per heavy atom. The van der Waals surface area contributed by atoms with Crippen molar-refractivity contribution in [2.75, 3.05) is 0 Å². The number of amides is 1. The van der Waals surface area contributed by atoms with Gasteiger partial charge >= 0.3 is 0 Å². The normalized spacial score (nSPS) is 17.2. The van der Waals surface area contributed by atoms with Gasteiger partial charge in [0.05, 0.1) is 6.07 Å². The fourth-order valence-electron chi connectivity index (χ4n) is 2.68. The van der Waals surface area contributed by atoms with E-state index < -0.39 is 0 Å². The van der Waals surface area contributed by atoms with Crippen LogP contribution in [0.3, 0.4) is 0 Å². The summed E-state index contributed by atoms with van der Waals surface area (Å²) >= 11 is 3.43.